The molecule has 7 heteroatoms. The highest BCUT2D eigenvalue weighted by Crippen LogP contribution is 2.35. The van der Waals surface area contributed by atoms with Gasteiger partial charge in [-0.05, 0) is 49.6 Å². The second-order valence-corrected chi connectivity index (χ2v) is 7.85. The summed E-state index contributed by atoms with van der Waals surface area (Å²) in [6, 6.07) is 10.8. The van der Waals surface area contributed by atoms with Crippen LogP contribution in [0.15, 0.2) is 42.9 Å². The number of nitrogens with one attached hydrogen (secondary N) is 1. The Morgan fingerprint density at radius 2 is 1.97 bits per heavy atom. The lowest BCUT2D eigenvalue weighted by Crippen LogP contribution is -2.32. The Labute approximate surface area is 169 Å². The van der Waals surface area contributed by atoms with Crippen molar-refractivity contribution in [2.45, 2.75) is 44.8 Å². The standard InChI is InChI=1S/C22H22N6O/c1-14-11-24-22(26-17-12-25-28(13-17)18-4-5-18)27-21(14)16-2-6-19(7-3-16)29-20-8-15(9-20)10-23/h2-3,6-7,11-13,15,18,20H,4-5,8-9H2,1H3,(H,24,26,27). The first kappa shape index (κ1) is 17.7. The van der Waals surface area contributed by atoms with Gasteiger partial charge in [0.05, 0.1) is 35.6 Å². The first-order valence-corrected chi connectivity index (χ1v) is 9.99. The number of aromatic nitrogens is 4. The van der Waals surface area contributed by atoms with Gasteiger partial charge in [0, 0.05) is 30.8 Å². The third-order valence-corrected chi connectivity index (χ3v) is 5.46. The van der Waals surface area contributed by atoms with Gasteiger partial charge in [-0.3, -0.25) is 4.68 Å². The lowest BCUT2D eigenvalue weighted by atomic mass is 9.83. The predicted octanol–water partition coefficient (Wildman–Crippen LogP) is 4.41. The molecule has 2 aromatic heterocycles. The van der Waals surface area contributed by atoms with Crippen molar-refractivity contribution < 1.29 is 4.74 Å². The second kappa shape index (κ2) is 7.21. The molecule has 7 nitrogen and oxygen atoms in total. The lowest BCUT2D eigenvalue weighted by Gasteiger charge is -2.30. The maximum atomic E-state index is 8.87. The van der Waals surface area contributed by atoms with E-state index in [1.165, 1.54) is 12.8 Å². The molecular weight excluding hydrogens is 364 g/mol. The van der Waals surface area contributed by atoms with Gasteiger partial charge in [-0.2, -0.15) is 10.4 Å². The highest BCUT2D eigenvalue weighted by molar-refractivity contribution is 5.65. The van der Waals surface area contributed by atoms with Gasteiger partial charge < -0.3 is 10.1 Å². The van der Waals surface area contributed by atoms with Gasteiger partial charge in [0.1, 0.15) is 11.9 Å². The Bertz CT molecular complexity index is 1060. The summed E-state index contributed by atoms with van der Waals surface area (Å²) in [4.78, 5) is 9.12. The molecule has 29 heavy (non-hydrogen) atoms. The molecule has 2 aliphatic carbocycles. The first-order chi connectivity index (χ1) is 14.2. The fourth-order valence-corrected chi connectivity index (χ4v) is 3.52. The van der Waals surface area contributed by atoms with Crippen LogP contribution in [0.3, 0.4) is 0 Å². The lowest BCUT2D eigenvalue weighted by molar-refractivity contribution is 0.0893. The number of aryl methyl sites for hydroxylation is 1. The molecule has 0 amide bonds. The monoisotopic (exact) mass is 386 g/mol. The van der Waals surface area contributed by atoms with E-state index in [1.54, 1.807) is 0 Å². The van der Waals surface area contributed by atoms with Crippen LogP contribution in [0.4, 0.5) is 11.6 Å². The van der Waals surface area contributed by atoms with Gasteiger partial charge in [0.25, 0.3) is 0 Å². The topological polar surface area (TPSA) is 88.7 Å². The van der Waals surface area contributed by atoms with Crippen molar-refractivity contribution in [3.63, 3.8) is 0 Å². The van der Waals surface area contributed by atoms with Crippen LogP contribution in [-0.2, 0) is 0 Å². The maximum Gasteiger partial charge on any atom is 0.227 e. The van der Waals surface area contributed by atoms with Crippen molar-refractivity contribution in [2.75, 3.05) is 5.32 Å². The Balaban J connectivity index is 1.29. The van der Waals surface area contributed by atoms with Gasteiger partial charge in [0.2, 0.25) is 5.95 Å². The SMILES string of the molecule is Cc1cnc(Nc2cnn(C3CC3)c2)nc1-c1ccc(OC2CC(C#N)C2)cc1. The van der Waals surface area contributed by atoms with Gasteiger partial charge in [-0.1, -0.05) is 0 Å². The third kappa shape index (κ3) is 3.79. The quantitative estimate of drug-likeness (QED) is 0.675. The minimum absolute atomic E-state index is 0.144. The van der Waals surface area contributed by atoms with Crippen molar-refractivity contribution in [3.05, 3.63) is 48.4 Å². The summed E-state index contributed by atoms with van der Waals surface area (Å²) in [5.41, 5.74) is 3.80. The molecule has 1 N–H and O–H groups in total. The van der Waals surface area contributed by atoms with Crippen molar-refractivity contribution in [1.82, 2.24) is 19.7 Å². The number of anilines is 2. The average molecular weight is 386 g/mol. The number of hydrogen-bond acceptors (Lipinski definition) is 6. The van der Waals surface area contributed by atoms with Crippen LogP contribution in [0.2, 0.25) is 0 Å². The van der Waals surface area contributed by atoms with Crippen LogP contribution < -0.4 is 10.1 Å². The molecule has 3 aromatic rings. The normalized spacial score (nSPS) is 20.6. The molecule has 146 valence electrons. The second-order valence-electron chi connectivity index (χ2n) is 7.85. The number of benzene rings is 1. The highest BCUT2D eigenvalue weighted by Gasteiger charge is 2.30. The first-order valence-electron chi connectivity index (χ1n) is 9.99. The molecule has 2 heterocycles. The molecule has 0 bridgehead atoms. The van der Waals surface area contributed by atoms with Crippen LogP contribution in [-0.4, -0.2) is 25.9 Å². The molecule has 0 radical (unpaired) electrons. The molecule has 2 saturated carbocycles. The number of hydrogen-bond donors (Lipinski definition) is 1. The Hall–Kier alpha value is -3.40. The fraction of sp³-hybridized carbons (Fsp3) is 0.364. The number of rotatable bonds is 6. The molecule has 2 aliphatic rings. The zero-order valence-corrected chi connectivity index (χ0v) is 16.2. The van der Waals surface area contributed by atoms with Crippen molar-refractivity contribution in [1.29, 1.82) is 5.26 Å². The largest absolute Gasteiger partial charge is 0.490 e. The van der Waals surface area contributed by atoms with Crippen molar-refractivity contribution in [3.8, 4) is 23.1 Å². The van der Waals surface area contributed by atoms with Crippen molar-refractivity contribution >= 4 is 11.6 Å². The van der Waals surface area contributed by atoms with E-state index in [4.69, 9.17) is 15.0 Å². The summed E-state index contributed by atoms with van der Waals surface area (Å²) >= 11 is 0. The minimum atomic E-state index is 0.144. The summed E-state index contributed by atoms with van der Waals surface area (Å²) in [6.45, 7) is 2.01. The maximum absolute atomic E-state index is 8.87. The smallest absolute Gasteiger partial charge is 0.227 e. The zero-order chi connectivity index (χ0) is 19.8. The molecule has 0 spiro atoms. The van der Waals surface area contributed by atoms with E-state index in [1.807, 2.05) is 54.5 Å². The highest BCUT2D eigenvalue weighted by atomic mass is 16.5. The van der Waals surface area contributed by atoms with E-state index in [0.29, 0.717) is 12.0 Å². The van der Waals surface area contributed by atoms with Crippen molar-refractivity contribution in [2.24, 2.45) is 5.92 Å². The predicted molar refractivity (Wildman–Crippen MR) is 109 cm³/mol. The average Bonchev–Trinajstić information content (AvgIpc) is 3.46. The summed E-state index contributed by atoms with van der Waals surface area (Å²) in [7, 11) is 0. The van der Waals surface area contributed by atoms with Crippen LogP contribution >= 0.6 is 0 Å². The van der Waals surface area contributed by atoms with Gasteiger partial charge in [-0.25, -0.2) is 9.97 Å². The molecule has 0 atom stereocenters. The fourth-order valence-electron chi connectivity index (χ4n) is 3.52. The van der Waals surface area contributed by atoms with Crippen LogP contribution in [0.25, 0.3) is 11.3 Å². The van der Waals surface area contributed by atoms with E-state index in [0.717, 1.165) is 41.1 Å². The number of nitriles is 1. The summed E-state index contributed by atoms with van der Waals surface area (Å²) in [5, 5.41) is 16.5. The van der Waals surface area contributed by atoms with E-state index >= 15 is 0 Å². The summed E-state index contributed by atoms with van der Waals surface area (Å²) in [6.07, 6.45) is 9.83. The van der Waals surface area contributed by atoms with Crippen LogP contribution in [0.5, 0.6) is 5.75 Å². The van der Waals surface area contributed by atoms with E-state index in [-0.39, 0.29) is 12.0 Å². The number of ether oxygens (including phenoxy) is 1. The van der Waals surface area contributed by atoms with E-state index in [9.17, 15) is 0 Å². The summed E-state index contributed by atoms with van der Waals surface area (Å²) < 4.78 is 7.92. The van der Waals surface area contributed by atoms with Gasteiger partial charge >= 0.3 is 0 Å². The Morgan fingerprint density at radius 1 is 1.17 bits per heavy atom. The zero-order valence-electron chi connectivity index (χ0n) is 16.2. The molecule has 1 aromatic carbocycles. The molecule has 0 unspecified atom stereocenters. The summed E-state index contributed by atoms with van der Waals surface area (Å²) in [5.74, 6) is 1.52. The third-order valence-electron chi connectivity index (χ3n) is 5.46. The van der Waals surface area contributed by atoms with Gasteiger partial charge in [-0.15, -0.1) is 0 Å². The molecular formula is C22H22N6O. The van der Waals surface area contributed by atoms with Crippen LogP contribution in [0, 0.1) is 24.2 Å². The Kier molecular flexibility index (Phi) is 4.39. The molecule has 0 aliphatic heterocycles. The van der Waals surface area contributed by atoms with Crippen LogP contribution in [0.1, 0.15) is 37.3 Å². The van der Waals surface area contributed by atoms with Gasteiger partial charge in [0.15, 0.2) is 0 Å². The molecule has 0 saturated heterocycles. The molecule has 5 rings (SSSR count). The minimum Gasteiger partial charge on any atom is -0.490 e. The van der Waals surface area contributed by atoms with E-state index in [2.05, 4.69) is 21.5 Å². The molecule has 2 fully saturated rings. The Morgan fingerprint density at radius 3 is 2.69 bits per heavy atom. The van der Waals surface area contributed by atoms with E-state index < -0.39 is 0 Å². The number of nitrogens with zero attached hydrogens (tertiary/aromatic N) is 5.